The molecular formula is C21H23ClFNO2. The molecule has 2 atom stereocenters. The molecule has 26 heavy (non-hydrogen) atoms. The SMILES string of the molecule is O=C(CCCN1CCC(O)C(c2ccc(Cl)cc2)C1)c1ccc(F)cc1. The highest BCUT2D eigenvalue weighted by Crippen LogP contribution is 2.28. The van der Waals surface area contributed by atoms with Crippen molar-refractivity contribution in [2.24, 2.45) is 0 Å². The minimum absolute atomic E-state index is 0.0382. The Balaban J connectivity index is 1.51. The van der Waals surface area contributed by atoms with Crippen molar-refractivity contribution in [3.63, 3.8) is 0 Å². The number of piperidine rings is 1. The van der Waals surface area contributed by atoms with E-state index < -0.39 is 0 Å². The summed E-state index contributed by atoms with van der Waals surface area (Å²) in [6, 6.07) is 13.3. The van der Waals surface area contributed by atoms with E-state index in [4.69, 9.17) is 11.6 Å². The number of benzene rings is 2. The summed E-state index contributed by atoms with van der Waals surface area (Å²) in [5, 5.41) is 11.0. The summed E-state index contributed by atoms with van der Waals surface area (Å²) >= 11 is 5.95. The second-order valence-electron chi connectivity index (χ2n) is 6.85. The van der Waals surface area contributed by atoms with Crippen molar-refractivity contribution in [2.75, 3.05) is 19.6 Å². The fraction of sp³-hybridized carbons (Fsp3) is 0.381. The summed E-state index contributed by atoms with van der Waals surface area (Å²) in [5.74, 6) is -0.230. The van der Waals surface area contributed by atoms with Crippen LogP contribution in [-0.4, -0.2) is 41.5 Å². The molecule has 2 aromatic rings. The van der Waals surface area contributed by atoms with Crippen molar-refractivity contribution in [1.82, 2.24) is 4.90 Å². The zero-order chi connectivity index (χ0) is 18.5. The molecule has 1 fully saturated rings. The molecule has 0 amide bonds. The molecule has 0 aliphatic carbocycles. The Morgan fingerprint density at radius 2 is 1.85 bits per heavy atom. The maximum Gasteiger partial charge on any atom is 0.162 e. The van der Waals surface area contributed by atoms with Gasteiger partial charge >= 0.3 is 0 Å². The molecule has 0 aromatic heterocycles. The number of hydrogen-bond acceptors (Lipinski definition) is 3. The number of hydrogen-bond donors (Lipinski definition) is 1. The third-order valence-corrected chi connectivity index (χ3v) is 5.25. The number of Topliss-reactive ketones (excluding diaryl/α,β-unsaturated/α-hetero) is 1. The van der Waals surface area contributed by atoms with Gasteiger partial charge in [0.15, 0.2) is 5.78 Å². The van der Waals surface area contributed by atoms with Crippen LogP contribution in [0.4, 0.5) is 4.39 Å². The number of nitrogens with zero attached hydrogens (tertiary/aromatic N) is 1. The van der Waals surface area contributed by atoms with Crippen LogP contribution in [0, 0.1) is 5.82 Å². The number of halogens is 2. The number of aliphatic hydroxyl groups excluding tert-OH is 1. The van der Waals surface area contributed by atoms with Gasteiger partial charge in [-0.1, -0.05) is 23.7 Å². The fourth-order valence-corrected chi connectivity index (χ4v) is 3.62. The maximum absolute atomic E-state index is 12.9. The molecule has 138 valence electrons. The van der Waals surface area contributed by atoms with Gasteiger partial charge in [0, 0.05) is 36.0 Å². The molecule has 2 unspecified atom stereocenters. The first-order valence-corrected chi connectivity index (χ1v) is 9.35. The molecule has 1 N–H and O–H groups in total. The van der Waals surface area contributed by atoms with Crippen LogP contribution in [0.5, 0.6) is 0 Å². The van der Waals surface area contributed by atoms with E-state index in [0.717, 1.165) is 38.0 Å². The van der Waals surface area contributed by atoms with Gasteiger partial charge in [0.05, 0.1) is 6.10 Å². The van der Waals surface area contributed by atoms with Gasteiger partial charge in [-0.05, 0) is 61.3 Å². The lowest BCUT2D eigenvalue weighted by Crippen LogP contribution is -2.42. The van der Waals surface area contributed by atoms with E-state index in [9.17, 15) is 14.3 Å². The van der Waals surface area contributed by atoms with Gasteiger partial charge in [-0.25, -0.2) is 4.39 Å². The van der Waals surface area contributed by atoms with Gasteiger partial charge in [-0.2, -0.15) is 0 Å². The van der Waals surface area contributed by atoms with Gasteiger partial charge in [0.2, 0.25) is 0 Å². The Bertz CT molecular complexity index is 733. The predicted molar refractivity (Wildman–Crippen MR) is 101 cm³/mol. The van der Waals surface area contributed by atoms with Crippen molar-refractivity contribution in [1.29, 1.82) is 0 Å². The number of ketones is 1. The van der Waals surface area contributed by atoms with E-state index >= 15 is 0 Å². The number of carbonyl (C=O) groups excluding carboxylic acids is 1. The molecular weight excluding hydrogens is 353 g/mol. The summed E-state index contributed by atoms with van der Waals surface area (Å²) in [5.41, 5.74) is 1.65. The van der Waals surface area contributed by atoms with Crippen LogP contribution in [0.3, 0.4) is 0 Å². The molecule has 1 aliphatic heterocycles. The molecule has 1 aliphatic rings. The highest BCUT2D eigenvalue weighted by molar-refractivity contribution is 6.30. The van der Waals surface area contributed by atoms with Crippen LogP contribution in [0.2, 0.25) is 5.02 Å². The van der Waals surface area contributed by atoms with E-state index in [-0.39, 0.29) is 23.6 Å². The molecule has 3 nitrogen and oxygen atoms in total. The second kappa shape index (κ2) is 8.76. The number of carbonyl (C=O) groups is 1. The normalized spacial score (nSPS) is 20.9. The van der Waals surface area contributed by atoms with Gasteiger partial charge in [0.25, 0.3) is 0 Å². The lowest BCUT2D eigenvalue weighted by molar-refractivity contribution is 0.0589. The van der Waals surface area contributed by atoms with Gasteiger partial charge in [0.1, 0.15) is 5.82 Å². The fourth-order valence-electron chi connectivity index (χ4n) is 3.49. The lowest BCUT2D eigenvalue weighted by atomic mass is 9.88. The molecule has 0 bridgehead atoms. The first-order valence-electron chi connectivity index (χ1n) is 8.97. The third-order valence-electron chi connectivity index (χ3n) is 5.00. The van der Waals surface area contributed by atoms with Gasteiger partial charge in [-0.15, -0.1) is 0 Å². The first-order chi connectivity index (χ1) is 12.5. The van der Waals surface area contributed by atoms with E-state index in [0.29, 0.717) is 17.0 Å². The van der Waals surface area contributed by atoms with Crippen LogP contribution < -0.4 is 0 Å². The average Bonchev–Trinajstić information content (AvgIpc) is 2.64. The zero-order valence-corrected chi connectivity index (χ0v) is 15.3. The van der Waals surface area contributed by atoms with Crippen LogP contribution >= 0.6 is 11.6 Å². The topological polar surface area (TPSA) is 40.5 Å². The molecule has 2 aromatic carbocycles. The Hall–Kier alpha value is -1.75. The van der Waals surface area contributed by atoms with Gasteiger partial charge < -0.3 is 10.0 Å². The smallest absolute Gasteiger partial charge is 0.162 e. The van der Waals surface area contributed by atoms with Crippen molar-refractivity contribution in [2.45, 2.75) is 31.3 Å². The molecule has 0 saturated carbocycles. The zero-order valence-electron chi connectivity index (χ0n) is 14.6. The summed E-state index contributed by atoms with van der Waals surface area (Å²) in [6.45, 7) is 2.41. The number of aliphatic hydroxyl groups is 1. The minimum Gasteiger partial charge on any atom is -0.392 e. The maximum atomic E-state index is 12.9. The Kier molecular flexibility index (Phi) is 6.41. The summed E-state index contributed by atoms with van der Waals surface area (Å²) in [7, 11) is 0. The minimum atomic E-state index is -0.353. The molecule has 1 heterocycles. The van der Waals surface area contributed by atoms with E-state index in [2.05, 4.69) is 4.90 Å². The van der Waals surface area contributed by atoms with E-state index in [1.54, 1.807) is 0 Å². The quantitative estimate of drug-likeness (QED) is 0.765. The number of likely N-dealkylation sites (tertiary alicyclic amines) is 1. The highest BCUT2D eigenvalue weighted by Gasteiger charge is 2.28. The van der Waals surface area contributed by atoms with Crippen LogP contribution in [0.25, 0.3) is 0 Å². The molecule has 3 rings (SSSR count). The average molecular weight is 376 g/mol. The third kappa shape index (κ3) is 4.91. The molecule has 0 spiro atoms. The van der Waals surface area contributed by atoms with Gasteiger partial charge in [-0.3, -0.25) is 4.79 Å². The summed E-state index contributed by atoms with van der Waals surface area (Å²) in [4.78, 5) is 14.5. The standard InChI is InChI=1S/C21H23ClFNO2/c22-17-7-3-15(4-8-17)19-14-24(13-11-21(19)26)12-1-2-20(25)16-5-9-18(23)10-6-16/h3-10,19,21,26H,1-2,11-14H2. The molecule has 5 heteroatoms. The van der Waals surface area contributed by atoms with E-state index in [1.807, 2.05) is 24.3 Å². The Labute approximate surface area is 158 Å². The summed E-state index contributed by atoms with van der Waals surface area (Å²) in [6.07, 6.45) is 1.56. The predicted octanol–water partition coefficient (Wildman–Crippen LogP) is 4.29. The largest absolute Gasteiger partial charge is 0.392 e. The van der Waals surface area contributed by atoms with Crippen LogP contribution in [0.15, 0.2) is 48.5 Å². The number of rotatable bonds is 6. The van der Waals surface area contributed by atoms with Crippen molar-refractivity contribution >= 4 is 17.4 Å². The van der Waals surface area contributed by atoms with Crippen molar-refractivity contribution in [3.05, 3.63) is 70.5 Å². The van der Waals surface area contributed by atoms with E-state index in [1.165, 1.54) is 24.3 Å². The second-order valence-corrected chi connectivity index (χ2v) is 7.28. The first kappa shape index (κ1) is 19.0. The molecule has 0 radical (unpaired) electrons. The van der Waals surface area contributed by atoms with Crippen LogP contribution in [-0.2, 0) is 0 Å². The Morgan fingerprint density at radius 1 is 1.15 bits per heavy atom. The monoisotopic (exact) mass is 375 g/mol. The van der Waals surface area contributed by atoms with Crippen molar-refractivity contribution in [3.8, 4) is 0 Å². The van der Waals surface area contributed by atoms with Crippen molar-refractivity contribution < 1.29 is 14.3 Å². The summed E-state index contributed by atoms with van der Waals surface area (Å²) < 4.78 is 12.9. The lowest BCUT2D eigenvalue weighted by Gasteiger charge is -2.36. The molecule has 1 saturated heterocycles. The Morgan fingerprint density at radius 3 is 2.54 bits per heavy atom. The highest BCUT2D eigenvalue weighted by atomic mass is 35.5. The van der Waals surface area contributed by atoms with Crippen LogP contribution in [0.1, 0.15) is 41.1 Å².